The molecule has 1 unspecified atom stereocenters. The first-order valence-electron chi connectivity index (χ1n) is 6.57. The van der Waals surface area contributed by atoms with Gasteiger partial charge in [0.05, 0.1) is 23.2 Å². The summed E-state index contributed by atoms with van der Waals surface area (Å²) in [6, 6.07) is 5.39. The number of benzene rings is 1. The molecule has 6 heteroatoms. The van der Waals surface area contributed by atoms with Gasteiger partial charge in [0.25, 0.3) is 0 Å². The molecule has 1 aromatic carbocycles. The van der Waals surface area contributed by atoms with Crippen molar-refractivity contribution in [3.8, 4) is 5.75 Å². The molecular formula is C15H16Cl3NOS. The van der Waals surface area contributed by atoms with Gasteiger partial charge in [0.15, 0.2) is 0 Å². The summed E-state index contributed by atoms with van der Waals surface area (Å²) in [6.07, 6.45) is 1.01. The molecule has 21 heavy (non-hydrogen) atoms. The number of hydrogen-bond acceptors (Lipinski definition) is 3. The van der Waals surface area contributed by atoms with E-state index >= 15 is 0 Å². The highest BCUT2D eigenvalue weighted by Crippen LogP contribution is 2.39. The molecule has 2 nitrogen and oxygen atoms in total. The van der Waals surface area contributed by atoms with Crippen LogP contribution in [0.15, 0.2) is 23.6 Å². The van der Waals surface area contributed by atoms with E-state index in [1.54, 1.807) is 24.5 Å². The topological polar surface area (TPSA) is 21.3 Å². The maximum Gasteiger partial charge on any atom is 0.138 e. The number of methoxy groups -OCH3 is 1. The van der Waals surface area contributed by atoms with Crippen LogP contribution in [0.4, 0.5) is 0 Å². The van der Waals surface area contributed by atoms with E-state index in [1.807, 2.05) is 17.5 Å². The molecule has 0 aliphatic heterocycles. The van der Waals surface area contributed by atoms with Gasteiger partial charge >= 0.3 is 0 Å². The fourth-order valence-electron chi connectivity index (χ4n) is 2.07. The zero-order valence-corrected chi connectivity index (χ0v) is 14.8. The first-order chi connectivity index (χ1) is 10.1. The summed E-state index contributed by atoms with van der Waals surface area (Å²) in [5.41, 5.74) is 0.903. The van der Waals surface area contributed by atoms with Crippen molar-refractivity contribution in [2.75, 3.05) is 13.7 Å². The van der Waals surface area contributed by atoms with E-state index in [0.717, 1.165) is 28.4 Å². The van der Waals surface area contributed by atoms with Crippen LogP contribution < -0.4 is 10.1 Å². The van der Waals surface area contributed by atoms with Gasteiger partial charge in [-0.1, -0.05) is 41.7 Å². The molecule has 0 saturated heterocycles. The van der Waals surface area contributed by atoms with Gasteiger partial charge in [0.1, 0.15) is 5.75 Å². The van der Waals surface area contributed by atoms with Crippen LogP contribution in [0.2, 0.25) is 15.1 Å². The fourth-order valence-corrected chi connectivity index (χ4v) is 3.84. The molecule has 0 amide bonds. The molecule has 0 bridgehead atoms. The monoisotopic (exact) mass is 363 g/mol. The molecule has 1 atom stereocenters. The number of ether oxygens (including phenoxy) is 1. The fraction of sp³-hybridized carbons (Fsp3) is 0.333. The normalized spacial score (nSPS) is 12.4. The van der Waals surface area contributed by atoms with E-state index in [-0.39, 0.29) is 6.04 Å². The molecule has 1 aromatic heterocycles. The lowest BCUT2D eigenvalue weighted by Gasteiger charge is -2.20. The molecule has 1 heterocycles. The third-order valence-corrected chi connectivity index (χ3v) is 5.13. The Kier molecular flexibility index (Phi) is 6.20. The van der Waals surface area contributed by atoms with Gasteiger partial charge in [-0.15, -0.1) is 11.3 Å². The van der Waals surface area contributed by atoms with E-state index in [4.69, 9.17) is 39.5 Å². The van der Waals surface area contributed by atoms with E-state index in [2.05, 4.69) is 12.2 Å². The van der Waals surface area contributed by atoms with Crippen molar-refractivity contribution in [1.82, 2.24) is 5.32 Å². The summed E-state index contributed by atoms with van der Waals surface area (Å²) in [5.74, 6) is 0.567. The Balaban J connectivity index is 2.46. The van der Waals surface area contributed by atoms with Crippen LogP contribution >= 0.6 is 46.1 Å². The second-order valence-electron chi connectivity index (χ2n) is 4.53. The lowest BCUT2D eigenvalue weighted by molar-refractivity contribution is 0.414. The zero-order valence-electron chi connectivity index (χ0n) is 11.8. The van der Waals surface area contributed by atoms with Gasteiger partial charge < -0.3 is 10.1 Å². The summed E-state index contributed by atoms with van der Waals surface area (Å²) in [4.78, 5) is 1.04. The summed E-state index contributed by atoms with van der Waals surface area (Å²) in [7, 11) is 1.57. The average molecular weight is 365 g/mol. The summed E-state index contributed by atoms with van der Waals surface area (Å²) >= 11 is 20.5. The van der Waals surface area contributed by atoms with Crippen LogP contribution in [0.5, 0.6) is 5.75 Å². The smallest absolute Gasteiger partial charge is 0.138 e. The number of hydrogen-bond donors (Lipinski definition) is 1. The molecule has 2 aromatic rings. The number of nitrogens with one attached hydrogen (secondary N) is 1. The highest BCUT2D eigenvalue weighted by atomic mass is 35.5. The molecule has 114 valence electrons. The largest absolute Gasteiger partial charge is 0.495 e. The molecule has 0 fully saturated rings. The van der Waals surface area contributed by atoms with Gasteiger partial charge in [-0.25, -0.2) is 0 Å². The second kappa shape index (κ2) is 7.70. The van der Waals surface area contributed by atoms with Crippen LogP contribution in [-0.2, 0) is 0 Å². The number of halogens is 3. The molecule has 0 saturated carbocycles. The Labute approximate surface area is 144 Å². The number of rotatable bonds is 6. The molecule has 0 spiro atoms. The highest BCUT2D eigenvalue weighted by molar-refractivity contribution is 7.10. The molecular weight excluding hydrogens is 349 g/mol. The van der Waals surface area contributed by atoms with Crippen molar-refractivity contribution in [3.05, 3.63) is 49.1 Å². The third kappa shape index (κ3) is 3.85. The van der Waals surface area contributed by atoms with Crippen LogP contribution in [0.3, 0.4) is 0 Å². The zero-order chi connectivity index (χ0) is 15.4. The molecule has 2 rings (SSSR count). The van der Waals surface area contributed by atoms with Crippen molar-refractivity contribution < 1.29 is 4.74 Å². The predicted molar refractivity (Wildman–Crippen MR) is 92.5 cm³/mol. The van der Waals surface area contributed by atoms with Gasteiger partial charge in [0.2, 0.25) is 0 Å². The Bertz CT molecular complexity index is 615. The predicted octanol–water partition coefficient (Wildman–Crippen LogP) is 5.81. The van der Waals surface area contributed by atoms with Gasteiger partial charge in [-0.2, -0.15) is 0 Å². The third-order valence-electron chi connectivity index (χ3n) is 3.09. The van der Waals surface area contributed by atoms with Crippen LogP contribution in [0.25, 0.3) is 0 Å². The lowest BCUT2D eigenvalue weighted by Crippen LogP contribution is -2.23. The minimum Gasteiger partial charge on any atom is -0.495 e. The quantitative estimate of drug-likeness (QED) is 0.698. The van der Waals surface area contributed by atoms with Crippen molar-refractivity contribution in [1.29, 1.82) is 0 Å². The first-order valence-corrected chi connectivity index (χ1v) is 8.59. The van der Waals surface area contributed by atoms with E-state index in [0.29, 0.717) is 15.8 Å². The SMILES string of the molecule is CCCNC(c1cc(Cl)c(OC)cc1Cl)c1sccc1Cl. The first kappa shape index (κ1) is 16.9. The summed E-state index contributed by atoms with van der Waals surface area (Å²) in [6.45, 7) is 2.97. The summed E-state index contributed by atoms with van der Waals surface area (Å²) in [5, 5.41) is 7.32. The Hall–Kier alpha value is -0.450. The highest BCUT2D eigenvalue weighted by Gasteiger charge is 2.22. The second-order valence-corrected chi connectivity index (χ2v) is 6.70. The van der Waals surface area contributed by atoms with Crippen molar-refractivity contribution >= 4 is 46.1 Å². The van der Waals surface area contributed by atoms with E-state index < -0.39 is 0 Å². The van der Waals surface area contributed by atoms with Crippen molar-refractivity contribution in [2.45, 2.75) is 19.4 Å². The average Bonchev–Trinajstić information content (AvgIpc) is 2.88. The summed E-state index contributed by atoms with van der Waals surface area (Å²) < 4.78 is 5.20. The standard InChI is InChI=1S/C15H16Cl3NOS/c1-3-5-19-14(15-10(16)4-6-21-15)9-7-12(18)13(20-2)8-11(9)17/h4,6-8,14,19H,3,5H2,1-2H3. The molecule has 0 radical (unpaired) electrons. The number of thiophene rings is 1. The Morgan fingerprint density at radius 3 is 2.52 bits per heavy atom. The maximum atomic E-state index is 6.41. The van der Waals surface area contributed by atoms with Crippen LogP contribution in [0, 0.1) is 0 Å². The van der Waals surface area contributed by atoms with Gasteiger partial charge in [0, 0.05) is 16.0 Å². The van der Waals surface area contributed by atoms with Crippen molar-refractivity contribution in [2.24, 2.45) is 0 Å². The molecule has 1 N–H and O–H groups in total. The van der Waals surface area contributed by atoms with Crippen LogP contribution in [0.1, 0.15) is 29.8 Å². The minimum absolute atomic E-state index is 0.0756. The Morgan fingerprint density at radius 1 is 1.19 bits per heavy atom. The maximum absolute atomic E-state index is 6.41. The molecule has 0 aliphatic rings. The van der Waals surface area contributed by atoms with Crippen molar-refractivity contribution in [3.63, 3.8) is 0 Å². The van der Waals surface area contributed by atoms with E-state index in [9.17, 15) is 0 Å². The van der Waals surface area contributed by atoms with Gasteiger partial charge in [-0.05, 0) is 36.0 Å². The van der Waals surface area contributed by atoms with Crippen LogP contribution in [-0.4, -0.2) is 13.7 Å². The Morgan fingerprint density at radius 2 is 1.95 bits per heavy atom. The van der Waals surface area contributed by atoms with Gasteiger partial charge in [-0.3, -0.25) is 0 Å². The molecule has 0 aliphatic carbocycles. The lowest BCUT2D eigenvalue weighted by atomic mass is 10.0. The minimum atomic E-state index is -0.0756. The van der Waals surface area contributed by atoms with E-state index in [1.165, 1.54) is 0 Å².